The second-order valence-electron chi connectivity index (χ2n) is 8.12. The molecule has 0 aliphatic carbocycles. The number of carbonyl (C=O) groups is 1. The second kappa shape index (κ2) is 9.82. The number of aromatic nitrogens is 3. The number of hydrogen-bond acceptors (Lipinski definition) is 10. The summed E-state index contributed by atoms with van der Waals surface area (Å²) in [5, 5.41) is 15.8. The molecule has 5 rings (SSSR count). The average molecular weight is 482 g/mol. The Morgan fingerprint density at radius 2 is 1.82 bits per heavy atom. The summed E-state index contributed by atoms with van der Waals surface area (Å²) in [7, 11) is 3.28. The van der Waals surface area contributed by atoms with E-state index in [4.69, 9.17) is 9.47 Å². The number of methoxy groups -OCH3 is 2. The van der Waals surface area contributed by atoms with Crippen LogP contribution >= 0.6 is 11.3 Å². The first-order valence-corrected chi connectivity index (χ1v) is 12.0. The highest BCUT2D eigenvalue weighted by Gasteiger charge is 2.24. The van der Waals surface area contributed by atoms with Gasteiger partial charge in [-0.1, -0.05) is 11.3 Å². The Balaban J connectivity index is 1.30. The molecule has 11 heteroatoms. The van der Waals surface area contributed by atoms with Gasteiger partial charge in [0.05, 0.1) is 31.8 Å². The van der Waals surface area contributed by atoms with E-state index in [9.17, 15) is 4.79 Å². The number of nitrogens with zero attached hydrogens (tertiary/aromatic N) is 5. The number of rotatable bonds is 6. The van der Waals surface area contributed by atoms with Crippen LogP contribution in [0.4, 0.5) is 16.5 Å². The van der Waals surface area contributed by atoms with Gasteiger partial charge in [-0.25, -0.2) is 0 Å². The standard InChI is InChI=1S/C23H27N7O3S/c1-32-19-11-15-4-8-30(14-16(15)12-20(19)33-2)23-28-27-22(34-23)21(31)26-17-13-25-5-3-18(17)29-9-6-24-7-10-29/h3,5,11-13,24H,4,6-10,14H2,1-2H3,(H,26,31). The predicted molar refractivity (Wildman–Crippen MR) is 131 cm³/mol. The van der Waals surface area contributed by atoms with Gasteiger partial charge in [0.2, 0.25) is 10.1 Å². The summed E-state index contributed by atoms with van der Waals surface area (Å²) in [6.45, 7) is 5.03. The van der Waals surface area contributed by atoms with Gasteiger partial charge >= 0.3 is 0 Å². The topological polar surface area (TPSA) is 105 Å². The third-order valence-electron chi connectivity index (χ3n) is 6.10. The summed E-state index contributed by atoms with van der Waals surface area (Å²) >= 11 is 1.29. The van der Waals surface area contributed by atoms with Crippen molar-refractivity contribution in [2.45, 2.75) is 13.0 Å². The number of piperazine rings is 1. The zero-order chi connectivity index (χ0) is 23.5. The summed E-state index contributed by atoms with van der Waals surface area (Å²) in [6, 6.07) is 5.98. The van der Waals surface area contributed by atoms with Crippen molar-refractivity contribution in [3.05, 3.63) is 46.7 Å². The van der Waals surface area contributed by atoms with Gasteiger partial charge < -0.3 is 29.9 Å². The van der Waals surface area contributed by atoms with Gasteiger partial charge in [0.1, 0.15) is 0 Å². The van der Waals surface area contributed by atoms with Gasteiger partial charge in [0.15, 0.2) is 11.5 Å². The Morgan fingerprint density at radius 1 is 1.06 bits per heavy atom. The van der Waals surface area contributed by atoms with Gasteiger partial charge in [0, 0.05) is 45.5 Å². The number of pyridine rings is 1. The first kappa shape index (κ1) is 22.4. The maximum Gasteiger partial charge on any atom is 0.286 e. The van der Waals surface area contributed by atoms with Crippen LogP contribution in [0.15, 0.2) is 30.6 Å². The molecule has 0 unspecified atom stereocenters. The highest BCUT2D eigenvalue weighted by atomic mass is 32.1. The van der Waals surface area contributed by atoms with Crippen molar-refractivity contribution in [2.24, 2.45) is 0 Å². The zero-order valence-electron chi connectivity index (χ0n) is 19.2. The highest BCUT2D eigenvalue weighted by molar-refractivity contribution is 7.17. The minimum Gasteiger partial charge on any atom is -0.493 e. The van der Waals surface area contributed by atoms with E-state index in [2.05, 4.69) is 35.6 Å². The minimum atomic E-state index is -0.281. The molecule has 10 nitrogen and oxygen atoms in total. The van der Waals surface area contributed by atoms with Crippen LogP contribution < -0.4 is 29.9 Å². The lowest BCUT2D eigenvalue weighted by Gasteiger charge is -2.30. The lowest BCUT2D eigenvalue weighted by atomic mass is 9.99. The Hall–Kier alpha value is -3.44. The van der Waals surface area contributed by atoms with Crippen molar-refractivity contribution in [1.29, 1.82) is 0 Å². The van der Waals surface area contributed by atoms with Crippen LogP contribution in [0.5, 0.6) is 11.5 Å². The normalized spacial score (nSPS) is 15.6. The fourth-order valence-electron chi connectivity index (χ4n) is 4.32. The smallest absolute Gasteiger partial charge is 0.286 e. The van der Waals surface area contributed by atoms with E-state index in [1.165, 1.54) is 16.9 Å². The predicted octanol–water partition coefficient (Wildman–Crippen LogP) is 2.17. The molecule has 0 saturated carbocycles. The monoisotopic (exact) mass is 481 g/mol. The summed E-state index contributed by atoms with van der Waals surface area (Å²) in [5.74, 6) is 1.16. The number of amides is 1. The third kappa shape index (κ3) is 4.48. The first-order valence-electron chi connectivity index (χ1n) is 11.2. The van der Waals surface area contributed by atoms with Crippen LogP contribution in [-0.2, 0) is 13.0 Å². The Bertz CT molecular complexity index is 1180. The molecule has 2 aliphatic heterocycles. The molecule has 0 bridgehead atoms. The number of hydrogen-bond donors (Lipinski definition) is 2. The molecule has 2 aliphatic rings. The van der Waals surface area contributed by atoms with Crippen molar-refractivity contribution in [1.82, 2.24) is 20.5 Å². The molecular formula is C23H27N7O3S. The van der Waals surface area contributed by atoms with Crippen LogP contribution in [0.25, 0.3) is 0 Å². The minimum absolute atomic E-state index is 0.281. The van der Waals surface area contributed by atoms with Gasteiger partial charge in [-0.2, -0.15) is 0 Å². The Morgan fingerprint density at radius 3 is 2.59 bits per heavy atom. The van der Waals surface area contributed by atoms with E-state index in [0.29, 0.717) is 23.0 Å². The van der Waals surface area contributed by atoms with Crippen molar-refractivity contribution < 1.29 is 14.3 Å². The van der Waals surface area contributed by atoms with E-state index in [1.54, 1.807) is 26.6 Å². The summed E-state index contributed by atoms with van der Waals surface area (Å²) in [4.78, 5) is 21.6. The molecule has 1 fully saturated rings. The third-order valence-corrected chi connectivity index (χ3v) is 7.08. The van der Waals surface area contributed by atoms with Gasteiger partial charge in [0.25, 0.3) is 5.91 Å². The number of anilines is 3. The van der Waals surface area contributed by atoms with Crippen LogP contribution in [0, 0.1) is 0 Å². The van der Waals surface area contributed by atoms with E-state index in [-0.39, 0.29) is 5.91 Å². The van der Waals surface area contributed by atoms with Crippen LogP contribution in [-0.4, -0.2) is 68.0 Å². The molecule has 3 aromatic rings. The molecule has 34 heavy (non-hydrogen) atoms. The summed E-state index contributed by atoms with van der Waals surface area (Å²) in [5.41, 5.74) is 4.03. The largest absolute Gasteiger partial charge is 0.493 e. The molecule has 1 aromatic carbocycles. The van der Waals surface area contributed by atoms with Crippen molar-refractivity contribution in [2.75, 3.05) is 62.1 Å². The molecule has 4 heterocycles. The molecule has 178 valence electrons. The molecule has 0 radical (unpaired) electrons. The SMILES string of the molecule is COc1cc2c(cc1OC)CN(c1nnc(C(=O)Nc3cnccc3N3CCNCC3)s1)CC2. The van der Waals surface area contributed by atoms with Crippen LogP contribution in [0.2, 0.25) is 0 Å². The van der Waals surface area contributed by atoms with Gasteiger partial charge in [-0.15, -0.1) is 10.2 Å². The maximum absolute atomic E-state index is 13.0. The fraction of sp³-hybridized carbons (Fsp3) is 0.391. The lowest BCUT2D eigenvalue weighted by Crippen LogP contribution is -2.43. The number of carbonyl (C=O) groups excluding carboxylic acids is 1. The van der Waals surface area contributed by atoms with Crippen LogP contribution in [0.3, 0.4) is 0 Å². The Kier molecular flexibility index (Phi) is 6.45. The van der Waals surface area contributed by atoms with Crippen molar-refractivity contribution in [3.63, 3.8) is 0 Å². The number of benzene rings is 1. The molecule has 0 atom stereocenters. The van der Waals surface area contributed by atoms with Crippen LogP contribution in [0.1, 0.15) is 20.9 Å². The van der Waals surface area contributed by atoms with Gasteiger partial charge in [-0.3, -0.25) is 9.78 Å². The number of fused-ring (bicyclic) bond motifs is 1. The quantitative estimate of drug-likeness (QED) is 0.548. The fourth-order valence-corrected chi connectivity index (χ4v) is 5.09. The molecule has 1 amide bonds. The zero-order valence-corrected chi connectivity index (χ0v) is 20.0. The highest BCUT2D eigenvalue weighted by Crippen LogP contribution is 2.35. The lowest BCUT2D eigenvalue weighted by molar-refractivity contribution is 0.102. The molecule has 1 saturated heterocycles. The molecule has 0 spiro atoms. The van der Waals surface area contributed by atoms with Crippen molar-refractivity contribution in [3.8, 4) is 11.5 Å². The van der Waals surface area contributed by atoms with E-state index >= 15 is 0 Å². The van der Waals surface area contributed by atoms with E-state index in [0.717, 1.165) is 61.3 Å². The van der Waals surface area contributed by atoms with Gasteiger partial charge in [-0.05, 0) is 35.7 Å². The molecule has 2 aromatic heterocycles. The number of nitrogens with one attached hydrogen (secondary N) is 2. The summed E-state index contributed by atoms with van der Waals surface area (Å²) in [6.07, 6.45) is 4.27. The first-order chi connectivity index (χ1) is 16.7. The van der Waals surface area contributed by atoms with Crippen molar-refractivity contribution >= 4 is 33.8 Å². The molecule has 2 N–H and O–H groups in total. The Labute approximate surface area is 201 Å². The molecular weight excluding hydrogens is 454 g/mol. The second-order valence-corrected chi connectivity index (χ2v) is 9.08. The van der Waals surface area contributed by atoms with E-state index < -0.39 is 0 Å². The number of ether oxygens (including phenoxy) is 2. The summed E-state index contributed by atoms with van der Waals surface area (Å²) < 4.78 is 10.9. The maximum atomic E-state index is 13.0. The average Bonchev–Trinajstić information content (AvgIpc) is 3.39. The van der Waals surface area contributed by atoms with E-state index in [1.807, 2.05) is 18.2 Å².